The van der Waals surface area contributed by atoms with E-state index in [0.717, 1.165) is 29.5 Å². The molecule has 0 bridgehead atoms. The summed E-state index contributed by atoms with van der Waals surface area (Å²) in [6.45, 7) is 2.72. The molecule has 1 atom stereocenters. The smallest absolute Gasteiger partial charge is 0.314 e. The van der Waals surface area contributed by atoms with Crippen LogP contribution in [0.3, 0.4) is 0 Å². The second kappa shape index (κ2) is 8.33. The third-order valence-electron chi connectivity index (χ3n) is 3.69. The number of aliphatic hydroxyl groups excluding tert-OH is 1. The van der Waals surface area contributed by atoms with Gasteiger partial charge in [0.25, 0.3) is 0 Å². The van der Waals surface area contributed by atoms with E-state index in [9.17, 15) is 9.90 Å². The molecule has 0 aliphatic heterocycles. The molecule has 0 saturated heterocycles. The van der Waals surface area contributed by atoms with Gasteiger partial charge in [-0.2, -0.15) is 5.10 Å². The van der Waals surface area contributed by atoms with E-state index in [1.807, 2.05) is 50.6 Å². The molecule has 3 N–H and O–H groups in total. The zero-order valence-electron chi connectivity index (χ0n) is 13.6. The van der Waals surface area contributed by atoms with Gasteiger partial charge in [-0.05, 0) is 36.5 Å². The summed E-state index contributed by atoms with van der Waals surface area (Å²) in [4.78, 5) is 11.7. The van der Waals surface area contributed by atoms with Gasteiger partial charge in [-0.3, -0.25) is 4.68 Å². The van der Waals surface area contributed by atoms with Crippen LogP contribution in [0.25, 0.3) is 0 Å². The highest BCUT2D eigenvalue weighted by Gasteiger charge is 2.11. The largest absolute Gasteiger partial charge is 0.387 e. The molecule has 124 valence electrons. The quantitative estimate of drug-likeness (QED) is 0.680. The maximum absolute atomic E-state index is 11.7. The minimum atomic E-state index is -0.697. The van der Waals surface area contributed by atoms with Gasteiger partial charge >= 0.3 is 6.03 Å². The number of carbonyl (C=O) groups is 1. The summed E-state index contributed by atoms with van der Waals surface area (Å²) in [5.74, 6) is 0. The van der Waals surface area contributed by atoms with Crippen molar-refractivity contribution >= 4 is 6.03 Å². The van der Waals surface area contributed by atoms with Crippen LogP contribution in [0, 0.1) is 6.92 Å². The van der Waals surface area contributed by atoms with Gasteiger partial charge in [-0.15, -0.1) is 0 Å². The van der Waals surface area contributed by atoms with Gasteiger partial charge in [0.2, 0.25) is 0 Å². The topological polar surface area (TPSA) is 79.2 Å². The van der Waals surface area contributed by atoms with Crippen molar-refractivity contribution < 1.29 is 9.90 Å². The molecule has 0 spiro atoms. The van der Waals surface area contributed by atoms with E-state index >= 15 is 0 Å². The lowest BCUT2D eigenvalue weighted by Gasteiger charge is -2.15. The van der Waals surface area contributed by atoms with Crippen molar-refractivity contribution in [2.45, 2.75) is 25.9 Å². The predicted octanol–water partition coefficient (Wildman–Crippen LogP) is 1.69. The van der Waals surface area contributed by atoms with Crippen LogP contribution in [0.15, 0.2) is 36.7 Å². The molecule has 0 aliphatic carbocycles. The van der Waals surface area contributed by atoms with Crippen LogP contribution in [0.4, 0.5) is 4.79 Å². The highest BCUT2D eigenvalue weighted by atomic mass is 16.3. The van der Waals surface area contributed by atoms with Gasteiger partial charge < -0.3 is 15.7 Å². The van der Waals surface area contributed by atoms with Gasteiger partial charge in [-0.1, -0.05) is 24.3 Å². The van der Waals surface area contributed by atoms with Gasteiger partial charge in [0, 0.05) is 26.3 Å². The SMILES string of the molecule is Cc1ccccc1C(O)CNC(=O)NCCCc1cnn(C)c1. The zero-order valence-corrected chi connectivity index (χ0v) is 13.6. The standard InChI is InChI=1S/C17H24N4O2/c1-13-6-3-4-8-15(13)16(22)11-19-17(23)18-9-5-7-14-10-20-21(2)12-14/h3-4,6,8,10,12,16,22H,5,7,9,11H2,1-2H3,(H2,18,19,23). The van der Waals surface area contributed by atoms with E-state index in [1.165, 1.54) is 0 Å². The molecule has 2 aromatic rings. The Morgan fingerprint density at radius 2 is 2.13 bits per heavy atom. The molecule has 0 fully saturated rings. The van der Waals surface area contributed by atoms with E-state index in [2.05, 4.69) is 15.7 Å². The molecule has 1 unspecified atom stereocenters. The number of urea groups is 1. The monoisotopic (exact) mass is 316 g/mol. The molecule has 0 aliphatic rings. The maximum Gasteiger partial charge on any atom is 0.314 e. The number of hydrogen-bond acceptors (Lipinski definition) is 3. The van der Waals surface area contributed by atoms with Crippen molar-refractivity contribution in [3.8, 4) is 0 Å². The number of aliphatic hydroxyl groups is 1. The van der Waals surface area contributed by atoms with Gasteiger partial charge in [0.05, 0.1) is 12.3 Å². The molecular weight excluding hydrogens is 292 g/mol. The molecule has 2 rings (SSSR count). The molecule has 0 saturated carbocycles. The fourth-order valence-electron chi connectivity index (χ4n) is 2.42. The Labute approximate surface area is 136 Å². The summed E-state index contributed by atoms with van der Waals surface area (Å²) in [5.41, 5.74) is 3.01. The highest BCUT2D eigenvalue weighted by Crippen LogP contribution is 2.16. The molecule has 23 heavy (non-hydrogen) atoms. The summed E-state index contributed by atoms with van der Waals surface area (Å²) in [6, 6.07) is 7.35. The Morgan fingerprint density at radius 3 is 2.83 bits per heavy atom. The van der Waals surface area contributed by atoms with E-state index in [1.54, 1.807) is 4.68 Å². The second-order valence-electron chi connectivity index (χ2n) is 5.63. The number of amides is 2. The van der Waals surface area contributed by atoms with Crippen molar-refractivity contribution in [3.63, 3.8) is 0 Å². The number of aromatic nitrogens is 2. The lowest BCUT2D eigenvalue weighted by molar-refractivity contribution is 0.172. The molecule has 1 aromatic carbocycles. The molecule has 1 heterocycles. The average Bonchev–Trinajstić information content (AvgIpc) is 2.95. The Kier molecular flexibility index (Phi) is 6.17. The third-order valence-corrected chi connectivity index (χ3v) is 3.69. The number of rotatable bonds is 7. The molecule has 0 radical (unpaired) electrons. The van der Waals surface area contributed by atoms with Crippen LogP contribution >= 0.6 is 0 Å². The van der Waals surface area contributed by atoms with Crippen molar-refractivity contribution in [1.29, 1.82) is 0 Å². The van der Waals surface area contributed by atoms with E-state index in [4.69, 9.17) is 0 Å². The zero-order chi connectivity index (χ0) is 16.7. The van der Waals surface area contributed by atoms with Crippen LogP contribution in [-0.2, 0) is 13.5 Å². The number of nitrogens with zero attached hydrogens (tertiary/aromatic N) is 2. The summed E-state index contributed by atoms with van der Waals surface area (Å²) < 4.78 is 1.77. The summed E-state index contributed by atoms with van der Waals surface area (Å²) in [6.07, 6.45) is 4.83. The van der Waals surface area contributed by atoms with Crippen molar-refractivity contribution in [3.05, 3.63) is 53.3 Å². The van der Waals surface area contributed by atoms with Gasteiger partial charge in [-0.25, -0.2) is 4.79 Å². The fourth-order valence-corrected chi connectivity index (χ4v) is 2.42. The Hall–Kier alpha value is -2.34. The molecular formula is C17H24N4O2. The van der Waals surface area contributed by atoms with Crippen LogP contribution in [0.2, 0.25) is 0 Å². The molecule has 6 nitrogen and oxygen atoms in total. The first kappa shape index (κ1) is 17.0. The normalized spacial score (nSPS) is 12.0. The first-order valence-electron chi connectivity index (χ1n) is 7.79. The Balaban J connectivity index is 1.64. The number of benzene rings is 1. The first-order chi connectivity index (χ1) is 11.1. The van der Waals surface area contributed by atoms with Crippen LogP contribution in [-0.4, -0.2) is 34.0 Å². The number of carbonyl (C=O) groups excluding carboxylic acids is 1. The Morgan fingerprint density at radius 1 is 1.35 bits per heavy atom. The fraction of sp³-hybridized carbons (Fsp3) is 0.412. The van der Waals surface area contributed by atoms with E-state index in [-0.39, 0.29) is 12.6 Å². The minimum absolute atomic E-state index is 0.194. The van der Waals surface area contributed by atoms with Crippen LogP contribution in [0.5, 0.6) is 0 Å². The van der Waals surface area contributed by atoms with Crippen molar-refractivity contribution in [2.24, 2.45) is 7.05 Å². The summed E-state index contributed by atoms with van der Waals surface area (Å²) in [7, 11) is 1.88. The second-order valence-corrected chi connectivity index (χ2v) is 5.63. The maximum atomic E-state index is 11.7. The Bertz CT molecular complexity index is 639. The van der Waals surface area contributed by atoms with Crippen LogP contribution < -0.4 is 10.6 Å². The van der Waals surface area contributed by atoms with Crippen molar-refractivity contribution in [1.82, 2.24) is 20.4 Å². The number of aryl methyl sites for hydroxylation is 3. The molecule has 6 heteroatoms. The van der Waals surface area contributed by atoms with Crippen molar-refractivity contribution in [2.75, 3.05) is 13.1 Å². The lowest BCUT2D eigenvalue weighted by Crippen LogP contribution is -2.38. The average molecular weight is 316 g/mol. The minimum Gasteiger partial charge on any atom is -0.387 e. The third kappa shape index (κ3) is 5.41. The number of nitrogens with one attached hydrogen (secondary N) is 2. The summed E-state index contributed by atoms with van der Waals surface area (Å²) >= 11 is 0. The molecule has 2 amide bonds. The highest BCUT2D eigenvalue weighted by molar-refractivity contribution is 5.73. The predicted molar refractivity (Wildman–Crippen MR) is 89.1 cm³/mol. The van der Waals surface area contributed by atoms with E-state index in [0.29, 0.717) is 6.54 Å². The van der Waals surface area contributed by atoms with Gasteiger partial charge in [0.1, 0.15) is 0 Å². The lowest BCUT2D eigenvalue weighted by atomic mass is 10.0. The number of hydrogen-bond donors (Lipinski definition) is 3. The molecule has 1 aromatic heterocycles. The first-order valence-corrected chi connectivity index (χ1v) is 7.79. The summed E-state index contributed by atoms with van der Waals surface area (Å²) in [5, 5.41) is 19.7. The van der Waals surface area contributed by atoms with Gasteiger partial charge in [0.15, 0.2) is 0 Å². The van der Waals surface area contributed by atoms with E-state index < -0.39 is 6.10 Å². The van der Waals surface area contributed by atoms with Crippen LogP contribution in [0.1, 0.15) is 29.2 Å².